The van der Waals surface area contributed by atoms with Crippen molar-refractivity contribution in [1.29, 1.82) is 0 Å². The average molecular weight is 331 g/mol. The van der Waals surface area contributed by atoms with Crippen LogP contribution in [-0.2, 0) is 19.1 Å². The van der Waals surface area contributed by atoms with Gasteiger partial charge in [-0.05, 0) is 32.4 Å². The van der Waals surface area contributed by atoms with Gasteiger partial charge in [-0.1, -0.05) is 31.4 Å². The predicted octanol–water partition coefficient (Wildman–Crippen LogP) is 3.12. The van der Waals surface area contributed by atoms with Gasteiger partial charge >= 0.3 is 11.9 Å². The molecule has 0 unspecified atom stereocenters. The predicted molar refractivity (Wildman–Crippen MR) is 94.8 cm³/mol. The summed E-state index contributed by atoms with van der Waals surface area (Å²) in [7, 11) is 0. The van der Waals surface area contributed by atoms with E-state index in [4.69, 9.17) is 9.47 Å². The molecule has 1 aromatic rings. The Kier molecular flexibility index (Phi) is 8.33. The molecule has 130 valence electrons. The number of carbonyl (C=O) groups excluding carboxylic acids is 2. The molecule has 0 radical (unpaired) electrons. The SMILES string of the molecule is C=C(C)C(=O)OCCCN(CCOC(=O)C(=C)C)c1ccccc1. The molecule has 0 heterocycles. The number of hydrogen-bond acceptors (Lipinski definition) is 5. The molecule has 1 rings (SSSR count). The highest BCUT2D eigenvalue weighted by Crippen LogP contribution is 2.13. The van der Waals surface area contributed by atoms with Crippen LogP contribution in [0.15, 0.2) is 54.6 Å². The van der Waals surface area contributed by atoms with Crippen molar-refractivity contribution in [1.82, 2.24) is 0 Å². The van der Waals surface area contributed by atoms with Crippen LogP contribution < -0.4 is 4.90 Å². The Morgan fingerprint density at radius 1 is 0.917 bits per heavy atom. The number of anilines is 1. The fraction of sp³-hybridized carbons (Fsp3) is 0.368. The molecule has 0 amide bonds. The summed E-state index contributed by atoms with van der Waals surface area (Å²) in [6, 6.07) is 9.81. The molecular weight excluding hydrogens is 306 g/mol. The van der Waals surface area contributed by atoms with Crippen LogP contribution in [0, 0.1) is 0 Å². The van der Waals surface area contributed by atoms with Gasteiger partial charge in [0.05, 0.1) is 13.2 Å². The van der Waals surface area contributed by atoms with Crippen molar-refractivity contribution in [2.45, 2.75) is 20.3 Å². The van der Waals surface area contributed by atoms with E-state index in [0.29, 0.717) is 37.3 Å². The highest BCUT2D eigenvalue weighted by atomic mass is 16.5. The maximum atomic E-state index is 11.5. The minimum Gasteiger partial charge on any atom is -0.462 e. The first-order chi connectivity index (χ1) is 11.4. The topological polar surface area (TPSA) is 55.8 Å². The zero-order valence-corrected chi connectivity index (χ0v) is 14.4. The lowest BCUT2D eigenvalue weighted by Gasteiger charge is -2.24. The lowest BCUT2D eigenvalue weighted by molar-refractivity contribution is -0.139. The summed E-state index contributed by atoms with van der Waals surface area (Å²) < 4.78 is 10.3. The molecule has 0 N–H and O–H groups in total. The van der Waals surface area contributed by atoms with Crippen molar-refractivity contribution in [2.24, 2.45) is 0 Å². The van der Waals surface area contributed by atoms with Crippen LogP contribution in [0.2, 0.25) is 0 Å². The van der Waals surface area contributed by atoms with Gasteiger partial charge in [-0.25, -0.2) is 9.59 Å². The summed E-state index contributed by atoms with van der Waals surface area (Å²) in [5.74, 6) is -0.768. The van der Waals surface area contributed by atoms with E-state index >= 15 is 0 Å². The molecule has 0 aliphatic carbocycles. The van der Waals surface area contributed by atoms with E-state index in [9.17, 15) is 9.59 Å². The molecule has 5 nitrogen and oxygen atoms in total. The van der Waals surface area contributed by atoms with Crippen LogP contribution in [0.4, 0.5) is 5.69 Å². The molecule has 0 aliphatic rings. The number of hydrogen-bond donors (Lipinski definition) is 0. The first-order valence-corrected chi connectivity index (χ1v) is 7.87. The first-order valence-electron chi connectivity index (χ1n) is 7.87. The average Bonchev–Trinajstić information content (AvgIpc) is 2.57. The minimum atomic E-state index is -0.390. The highest BCUT2D eigenvalue weighted by molar-refractivity contribution is 5.87. The number of rotatable bonds is 10. The largest absolute Gasteiger partial charge is 0.462 e. The zero-order chi connectivity index (χ0) is 17.9. The number of benzene rings is 1. The molecule has 0 spiro atoms. The molecule has 0 aromatic heterocycles. The fourth-order valence-corrected chi connectivity index (χ4v) is 1.92. The van der Waals surface area contributed by atoms with Gasteiger partial charge in [0.15, 0.2) is 0 Å². The summed E-state index contributed by atoms with van der Waals surface area (Å²) in [6.07, 6.45) is 0.669. The first kappa shape index (κ1) is 19.5. The minimum absolute atomic E-state index is 0.270. The van der Waals surface area contributed by atoms with Crippen LogP contribution in [0.1, 0.15) is 20.3 Å². The van der Waals surface area contributed by atoms with Crippen molar-refractivity contribution in [3.8, 4) is 0 Å². The number of nitrogens with zero attached hydrogens (tertiary/aromatic N) is 1. The lowest BCUT2D eigenvalue weighted by Crippen LogP contribution is -2.30. The Morgan fingerprint density at radius 2 is 1.46 bits per heavy atom. The third-order valence-corrected chi connectivity index (χ3v) is 3.22. The molecule has 0 bridgehead atoms. The molecule has 0 atom stereocenters. The molecule has 0 fully saturated rings. The molecule has 0 saturated carbocycles. The van der Waals surface area contributed by atoms with E-state index in [1.165, 1.54) is 0 Å². The molecule has 1 aromatic carbocycles. The normalized spacial score (nSPS) is 9.92. The number of esters is 2. The maximum Gasteiger partial charge on any atom is 0.333 e. The summed E-state index contributed by atoms with van der Waals surface area (Å²) in [5.41, 5.74) is 1.80. The Hall–Kier alpha value is -2.56. The molecule has 0 aliphatic heterocycles. The van der Waals surface area contributed by atoms with E-state index in [2.05, 4.69) is 18.1 Å². The van der Waals surface area contributed by atoms with Crippen LogP contribution in [0.25, 0.3) is 0 Å². The fourth-order valence-electron chi connectivity index (χ4n) is 1.92. The summed E-state index contributed by atoms with van der Waals surface area (Å²) >= 11 is 0. The second-order valence-electron chi connectivity index (χ2n) is 5.51. The van der Waals surface area contributed by atoms with E-state index in [1.54, 1.807) is 13.8 Å². The third-order valence-electron chi connectivity index (χ3n) is 3.22. The Balaban J connectivity index is 2.50. The van der Waals surface area contributed by atoms with Gasteiger partial charge < -0.3 is 14.4 Å². The lowest BCUT2D eigenvalue weighted by atomic mass is 10.2. The maximum absolute atomic E-state index is 11.5. The Bertz CT molecular complexity index is 580. The number of carbonyl (C=O) groups is 2. The Labute approximate surface area is 143 Å². The third kappa shape index (κ3) is 7.13. The second kappa shape index (κ2) is 10.3. The van der Waals surface area contributed by atoms with Crippen LogP contribution >= 0.6 is 0 Å². The van der Waals surface area contributed by atoms with Crippen LogP contribution in [0.5, 0.6) is 0 Å². The summed E-state index contributed by atoms with van der Waals surface area (Å²) in [4.78, 5) is 24.9. The van der Waals surface area contributed by atoms with E-state index in [1.807, 2.05) is 30.3 Å². The van der Waals surface area contributed by atoms with Gasteiger partial charge in [-0.15, -0.1) is 0 Å². The van der Waals surface area contributed by atoms with Crippen molar-refractivity contribution < 1.29 is 19.1 Å². The molecule has 0 saturated heterocycles. The van der Waals surface area contributed by atoms with Crippen molar-refractivity contribution >= 4 is 17.6 Å². The summed E-state index contributed by atoms with van der Waals surface area (Å²) in [6.45, 7) is 12.2. The van der Waals surface area contributed by atoms with Gasteiger partial charge in [0.25, 0.3) is 0 Å². The zero-order valence-electron chi connectivity index (χ0n) is 14.4. The van der Waals surface area contributed by atoms with Crippen molar-refractivity contribution in [3.05, 3.63) is 54.6 Å². The van der Waals surface area contributed by atoms with Crippen LogP contribution in [0.3, 0.4) is 0 Å². The second-order valence-corrected chi connectivity index (χ2v) is 5.51. The molecular formula is C19H25NO4. The Morgan fingerprint density at radius 3 is 2.00 bits per heavy atom. The van der Waals surface area contributed by atoms with Crippen molar-refractivity contribution in [2.75, 3.05) is 31.2 Å². The van der Waals surface area contributed by atoms with Gasteiger partial charge in [-0.2, -0.15) is 0 Å². The van der Waals surface area contributed by atoms with E-state index in [-0.39, 0.29) is 12.6 Å². The van der Waals surface area contributed by atoms with Crippen LogP contribution in [-0.4, -0.2) is 38.2 Å². The standard InChI is InChI=1S/C19H25NO4/c1-15(2)18(21)23-13-8-11-20(17-9-6-5-7-10-17)12-14-24-19(22)16(3)4/h5-7,9-10H,1,3,8,11-14H2,2,4H3. The highest BCUT2D eigenvalue weighted by Gasteiger charge is 2.09. The number of ether oxygens (including phenoxy) is 2. The number of para-hydroxylation sites is 1. The molecule has 24 heavy (non-hydrogen) atoms. The van der Waals surface area contributed by atoms with Gasteiger partial charge in [0, 0.05) is 23.4 Å². The van der Waals surface area contributed by atoms with Gasteiger partial charge in [-0.3, -0.25) is 0 Å². The summed E-state index contributed by atoms with van der Waals surface area (Å²) in [5, 5.41) is 0. The smallest absolute Gasteiger partial charge is 0.333 e. The van der Waals surface area contributed by atoms with E-state index < -0.39 is 5.97 Å². The molecule has 5 heteroatoms. The quantitative estimate of drug-likeness (QED) is 0.374. The van der Waals surface area contributed by atoms with Gasteiger partial charge in [0.1, 0.15) is 6.61 Å². The van der Waals surface area contributed by atoms with Gasteiger partial charge in [0.2, 0.25) is 0 Å². The van der Waals surface area contributed by atoms with Crippen molar-refractivity contribution in [3.63, 3.8) is 0 Å². The van der Waals surface area contributed by atoms with E-state index in [0.717, 1.165) is 5.69 Å². The monoisotopic (exact) mass is 331 g/mol.